The van der Waals surface area contributed by atoms with E-state index in [1.54, 1.807) is 31.2 Å². The molecule has 0 saturated carbocycles. The summed E-state index contributed by atoms with van der Waals surface area (Å²) >= 11 is 0. The van der Waals surface area contributed by atoms with Gasteiger partial charge >= 0.3 is 5.97 Å². The first-order valence-electron chi connectivity index (χ1n) is 7.53. The monoisotopic (exact) mass is 290 g/mol. The standard InChI is InChI=1S/C18H26O3/c1-6-21-17(20)15-9-7-14(8-10-15)16(19)11-13(2)12-18(3,4)5/h7-10,13H,6,11-12H2,1-5H3. The number of ether oxygens (including phenoxy) is 1. The summed E-state index contributed by atoms with van der Waals surface area (Å²) in [6.45, 7) is 10.8. The van der Waals surface area contributed by atoms with Gasteiger partial charge in [-0.3, -0.25) is 4.79 Å². The van der Waals surface area contributed by atoms with E-state index in [9.17, 15) is 9.59 Å². The van der Waals surface area contributed by atoms with Crippen molar-refractivity contribution in [3.05, 3.63) is 35.4 Å². The summed E-state index contributed by atoms with van der Waals surface area (Å²) in [5, 5.41) is 0. The number of esters is 1. The number of carbonyl (C=O) groups is 2. The van der Waals surface area contributed by atoms with Crippen molar-refractivity contribution in [1.29, 1.82) is 0 Å². The molecule has 0 aliphatic carbocycles. The first-order chi connectivity index (χ1) is 9.73. The number of rotatable bonds is 6. The normalized spacial score (nSPS) is 12.8. The molecule has 0 amide bonds. The highest BCUT2D eigenvalue weighted by atomic mass is 16.5. The lowest BCUT2D eigenvalue weighted by Gasteiger charge is -2.22. The maximum atomic E-state index is 12.2. The Balaban J connectivity index is 2.65. The summed E-state index contributed by atoms with van der Waals surface area (Å²) in [5.74, 6) is 0.127. The Bertz CT molecular complexity index is 480. The maximum absolute atomic E-state index is 12.2. The minimum atomic E-state index is -0.349. The fraction of sp³-hybridized carbons (Fsp3) is 0.556. The highest BCUT2D eigenvalue weighted by Crippen LogP contribution is 2.26. The summed E-state index contributed by atoms with van der Waals surface area (Å²) in [4.78, 5) is 23.8. The summed E-state index contributed by atoms with van der Waals surface area (Å²) in [6, 6.07) is 6.72. The van der Waals surface area contributed by atoms with Crippen LogP contribution in [0.3, 0.4) is 0 Å². The first-order valence-corrected chi connectivity index (χ1v) is 7.53. The molecule has 0 aliphatic rings. The van der Waals surface area contributed by atoms with Crippen LogP contribution in [0.5, 0.6) is 0 Å². The van der Waals surface area contributed by atoms with Crippen molar-refractivity contribution >= 4 is 11.8 Å². The number of hydrogen-bond acceptors (Lipinski definition) is 3. The first kappa shape index (κ1) is 17.4. The second kappa shape index (κ2) is 7.39. The van der Waals surface area contributed by atoms with E-state index in [1.807, 2.05) is 0 Å². The molecule has 0 bridgehead atoms. The Labute approximate surface area is 127 Å². The van der Waals surface area contributed by atoms with E-state index in [1.165, 1.54) is 0 Å². The van der Waals surface area contributed by atoms with Gasteiger partial charge in [0.05, 0.1) is 12.2 Å². The topological polar surface area (TPSA) is 43.4 Å². The molecule has 1 aromatic rings. The van der Waals surface area contributed by atoms with Gasteiger partial charge in [0.2, 0.25) is 0 Å². The molecule has 116 valence electrons. The van der Waals surface area contributed by atoms with Gasteiger partial charge in [-0.25, -0.2) is 4.79 Å². The van der Waals surface area contributed by atoms with Crippen molar-refractivity contribution in [2.24, 2.45) is 11.3 Å². The zero-order valence-electron chi connectivity index (χ0n) is 13.7. The van der Waals surface area contributed by atoms with Crippen LogP contribution in [0.4, 0.5) is 0 Å². The third-order valence-electron chi connectivity index (χ3n) is 3.21. The minimum Gasteiger partial charge on any atom is -0.462 e. The largest absolute Gasteiger partial charge is 0.462 e. The van der Waals surface area contributed by atoms with E-state index in [2.05, 4.69) is 27.7 Å². The number of benzene rings is 1. The highest BCUT2D eigenvalue weighted by Gasteiger charge is 2.18. The molecule has 21 heavy (non-hydrogen) atoms. The zero-order valence-corrected chi connectivity index (χ0v) is 13.7. The van der Waals surface area contributed by atoms with Crippen LogP contribution in [0.15, 0.2) is 24.3 Å². The molecule has 1 aromatic carbocycles. The van der Waals surface area contributed by atoms with E-state index in [-0.39, 0.29) is 17.2 Å². The third kappa shape index (κ3) is 6.11. The molecule has 0 aliphatic heterocycles. The van der Waals surface area contributed by atoms with Gasteiger partial charge in [-0.1, -0.05) is 39.8 Å². The number of carbonyl (C=O) groups excluding carboxylic acids is 2. The highest BCUT2D eigenvalue weighted by molar-refractivity contribution is 5.97. The molecule has 0 heterocycles. The van der Waals surface area contributed by atoms with Crippen LogP contribution in [-0.4, -0.2) is 18.4 Å². The smallest absolute Gasteiger partial charge is 0.338 e. The lowest BCUT2D eigenvalue weighted by molar-refractivity contribution is 0.0526. The number of hydrogen-bond donors (Lipinski definition) is 0. The molecule has 0 radical (unpaired) electrons. The third-order valence-corrected chi connectivity index (χ3v) is 3.21. The molecule has 0 fully saturated rings. The van der Waals surface area contributed by atoms with E-state index in [0.29, 0.717) is 30.1 Å². The average Bonchev–Trinajstić information content (AvgIpc) is 2.36. The summed E-state index contributed by atoms with van der Waals surface area (Å²) in [7, 11) is 0. The second-order valence-electron chi connectivity index (χ2n) is 6.80. The molecule has 0 aromatic heterocycles. The maximum Gasteiger partial charge on any atom is 0.338 e. The van der Waals surface area contributed by atoms with Gasteiger partial charge in [0.1, 0.15) is 0 Å². The van der Waals surface area contributed by atoms with E-state index < -0.39 is 0 Å². The van der Waals surface area contributed by atoms with Gasteiger partial charge < -0.3 is 4.74 Å². The van der Waals surface area contributed by atoms with Crippen LogP contribution in [0.2, 0.25) is 0 Å². The molecule has 0 spiro atoms. The van der Waals surface area contributed by atoms with Gasteiger partial charge in [0.25, 0.3) is 0 Å². The fourth-order valence-corrected chi connectivity index (χ4v) is 2.56. The molecule has 3 heteroatoms. The fourth-order valence-electron chi connectivity index (χ4n) is 2.56. The number of Topliss-reactive ketones (excluding diaryl/α,β-unsaturated/α-hetero) is 1. The molecule has 1 unspecified atom stereocenters. The van der Waals surface area contributed by atoms with Gasteiger partial charge in [-0.05, 0) is 36.8 Å². The van der Waals surface area contributed by atoms with Crippen LogP contribution in [0.1, 0.15) is 68.2 Å². The van der Waals surface area contributed by atoms with Crippen LogP contribution >= 0.6 is 0 Å². The molecule has 1 atom stereocenters. The van der Waals surface area contributed by atoms with Crippen LogP contribution < -0.4 is 0 Å². The Hall–Kier alpha value is -1.64. The van der Waals surface area contributed by atoms with Gasteiger partial charge in [-0.15, -0.1) is 0 Å². The predicted molar refractivity (Wildman–Crippen MR) is 84.6 cm³/mol. The molecular weight excluding hydrogens is 264 g/mol. The second-order valence-corrected chi connectivity index (χ2v) is 6.80. The summed E-state index contributed by atoms with van der Waals surface area (Å²) < 4.78 is 4.92. The summed E-state index contributed by atoms with van der Waals surface area (Å²) in [5.41, 5.74) is 1.37. The van der Waals surface area contributed by atoms with Crippen LogP contribution in [-0.2, 0) is 4.74 Å². The predicted octanol–water partition coefficient (Wildman–Crippen LogP) is 4.51. The van der Waals surface area contributed by atoms with E-state index in [4.69, 9.17) is 4.74 Å². The lowest BCUT2D eigenvalue weighted by atomic mass is 9.83. The zero-order chi connectivity index (χ0) is 16.0. The Kier molecular flexibility index (Phi) is 6.13. The van der Waals surface area contributed by atoms with Crippen LogP contribution in [0.25, 0.3) is 0 Å². The van der Waals surface area contributed by atoms with Crippen molar-refractivity contribution in [1.82, 2.24) is 0 Å². The Morgan fingerprint density at radius 2 is 1.62 bits per heavy atom. The van der Waals surface area contributed by atoms with Gasteiger partial charge in [-0.2, -0.15) is 0 Å². The minimum absolute atomic E-state index is 0.127. The molecule has 0 saturated heterocycles. The van der Waals surface area contributed by atoms with E-state index in [0.717, 1.165) is 6.42 Å². The van der Waals surface area contributed by atoms with Crippen molar-refractivity contribution in [3.8, 4) is 0 Å². The Morgan fingerprint density at radius 3 is 2.10 bits per heavy atom. The molecule has 1 rings (SSSR count). The van der Waals surface area contributed by atoms with Crippen molar-refractivity contribution in [2.45, 2.75) is 47.5 Å². The quantitative estimate of drug-likeness (QED) is 0.572. The molecular formula is C18H26O3. The van der Waals surface area contributed by atoms with Crippen LogP contribution in [0, 0.1) is 11.3 Å². The number of ketones is 1. The summed E-state index contributed by atoms with van der Waals surface area (Å²) in [6.07, 6.45) is 1.55. The lowest BCUT2D eigenvalue weighted by Crippen LogP contribution is -2.14. The van der Waals surface area contributed by atoms with Crippen molar-refractivity contribution in [3.63, 3.8) is 0 Å². The molecule has 3 nitrogen and oxygen atoms in total. The SMILES string of the molecule is CCOC(=O)c1ccc(C(=O)CC(C)CC(C)(C)C)cc1. The van der Waals surface area contributed by atoms with Crippen molar-refractivity contribution < 1.29 is 14.3 Å². The average molecular weight is 290 g/mol. The van der Waals surface area contributed by atoms with Gasteiger partial charge in [0, 0.05) is 12.0 Å². The Morgan fingerprint density at radius 1 is 1.10 bits per heavy atom. The van der Waals surface area contributed by atoms with Gasteiger partial charge in [0.15, 0.2) is 5.78 Å². The van der Waals surface area contributed by atoms with Crippen molar-refractivity contribution in [2.75, 3.05) is 6.61 Å². The molecule has 0 N–H and O–H groups in total. The van der Waals surface area contributed by atoms with E-state index >= 15 is 0 Å².